The fraction of sp³-hybridized carbons (Fsp3) is 0. The molecule has 0 aromatic carbocycles. The van der Waals surface area contributed by atoms with E-state index in [0.29, 0.717) is 0 Å². The maximum absolute atomic E-state index is 8.56. The molecule has 6 heteroatoms. The van der Waals surface area contributed by atoms with Crippen LogP contribution in [0.1, 0.15) is 1.43 Å². The van der Waals surface area contributed by atoms with Crippen LogP contribution in [-0.4, -0.2) is 16.4 Å². The van der Waals surface area contributed by atoms with Crippen LogP contribution in [0.5, 0.6) is 0 Å². The molecule has 0 heterocycles. The van der Waals surface area contributed by atoms with Gasteiger partial charge in [0.15, 0.2) is 0 Å². The van der Waals surface area contributed by atoms with E-state index < -0.39 is 6.16 Å². The first-order valence-corrected chi connectivity index (χ1v) is 0.651. The Kier molecular flexibility index (Phi) is 55.7. The molecule has 0 aliphatic carbocycles. The predicted octanol–water partition coefficient (Wildman–Crippen LogP) is -2.67. The maximum Gasteiger partial charge on any atom is 1.00 e. The molecule has 7 heavy (non-hydrogen) atoms. The summed E-state index contributed by atoms with van der Waals surface area (Å²) in [6, 6.07) is 0. The Morgan fingerprint density at radius 1 is 1.29 bits per heavy atom. The second-order valence-electron chi connectivity index (χ2n) is 0.283. The molecule has 0 spiro atoms. The molecule has 42 valence electrons. The van der Waals surface area contributed by atoms with Gasteiger partial charge in [0.1, 0.15) is 0 Å². The van der Waals surface area contributed by atoms with Crippen LogP contribution >= 0.6 is 0 Å². The van der Waals surface area contributed by atoms with Crippen LogP contribution in [0.3, 0.4) is 0 Å². The van der Waals surface area contributed by atoms with E-state index in [2.05, 4.69) is 0 Å². The zero-order chi connectivity index (χ0) is 3.58. The van der Waals surface area contributed by atoms with Crippen LogP contribution in [-0.2, 0) is 34.1 Å². The summed E-state index contributed by atoms with van der Waals surface area (Å²) in [6.07, 6.45) is -1.83. The summed E-state index contributed by atoms with van der Waals surface area (Å²) in [5, 5.41) is 13.9. The molecule has 0 unspecified atom stereocenters. The van der Waals surface area contributed by atoms with Crippen LogP contribution in [0.2, 0.25) is 0 Å². The molecule has 0 aromatic rings. The van der Waals surface area contributed by atoms with Crippen molar-refractivity contribution in [3.8, 4) is 0 Å². The third-order valence-corrected chi connectivity index (χ3v) is 0. The van der Waals surface area contributed by atoms with Gasteiger partial charge in [-0.2, -0.15) is 0 Å². The van der Waals surface area contributed by atoms with E-state index in [-0.39, 0.29) is 54.4 Å². The molecule has 0 saturated carbocycles. The van der Waals surface area contributed by atoms with Crippen molar-refractivity contribution in [1.29, 1.82) is 0 Å². The van der Waals surface area contributed by atoms with Gasteiger partial charge >= 0.3 is 25.0 Å². The van der Waals surface area contributed by atoms with Gasteiger partial charge in [0.2, 0.25) is 0 Å². The Balaban J connectivity index is -0.00000000750. The first-order valence-electron chi connectivity index (χ1n) is 0.651. The Morgan fingerprint density at radius 2 is 1.29 bits per heavy atom. The summed E-state index contributed by atoms with van der Waals surface area (Å²) in [5.74, 6) is 0. The van der Waals surface area contributed by atoms with Gasteiger partial charge in [-0.1, -0.05) is 0 Å². The summed E-state index contributed by atoms with van der Waals surface area (Å²) in [6.45, 7) is 0. The molecule has 0 bridgehead atoms. The predicted molar refractivity (Wildman–Crippen MR) is 11.8 cm³/mol. The molecule has 3 nitrogen and oxygen atoms in total. The third kappa shape index (κ3) is 202. The number of hydrogen-bond donors (Lipinski definition) is 2. The van der Waals surface area contributed by atoms with Crippen LogP contribution in [0, 0.1) is 0 Å². The first kappa shape index (κ1) is 24.7. The summed E-state index contributed by atoms with van der Waals surface area (Å²) in [5.41, 5.74) is 0. The van der Waals surface area contributed by atoms with Gasteiger partial charge in [-0.25, -0.2) is 4.79 Å². The number of carboxylic acid groups (broad SMARTS) is 2. The average Bonchev–Trinajstić information content (AvgIpc) is 0.811. The van der Waals surface area contributed by atoms with E-state index in [1.807, 2.05) is 0 Å². The van der Waals surface area contributed by atoms with Crippen LogP contribution in [0.15, 0.2) is 0 Å². The maximum atomic E-state index is 8.56. The first-order chi connectivity index (χ1) is 1.73. The van der Waals surface area contributed by atoms with Gasteiger partial charge in [0, 0.05) is 34.1 Å². The van der Waals surface area contributed by atoms with Crippen molar-refractivity contribution in [3.05, 3.63) is 0 Å². The Bertz CT molecular complexity index is 40.3. The second-order valence-corrected chi connectivity index (χ2v) is 0.283. The SMILES string of the molecule is O=C(O)O.[Fe].[Fe].[H-].[Li+]. The van der Waals surface area contributed by atoms with E-state index in [1.54, 1.807) is 0 Å². The minimum Gasteiger partial charge on any atom is -1.00 e. The largest absolute Gasteiger partial charge is 1.00 e. The molecule has 0 aromatic heterocycles. The van der Waals surface area contributed by atoms with E-state index in [4.69, 9.17) is 15.0 Å². The monoisotopic (exact) mass is 182 g/mol. The molecular weight excluding hydrogens is 179 g/mol. The van der Waals surface area contributed by atoms with Crippen molar-refractivity contribution in [3.63, 3.8) is 0 Å². The second kappa shape index (κ2) is 15.8. The van der Waals surface area contributed by atoms with Crippen molar-refractivity contribution in [1.82, 2.24) is 0 Å². The molecule has 0 aliphatic rings. The normalized spacial score (nSPS) is 3.43. The summed E-state index contributed by atoms with van der Waals surface area (Å²) < 4.78 is 0. The molecule has 0 saturated heterocycles. The minimum atomic E-state index is -1.83. The summed E-state index contributed by atoms with van der Waals surface area (Å²) >= 11 is 0. The fourth-order valence-electron chi connectivity index (χ4n) is 0. The van der Waals surface area contributed by atoms with E-state index in [0.717, 1.165) is 0 Å². The van der Waals surface area contributed by atoms with Crippen molar-refractivity contribution in [2.45, 2.75) is 0 Å². The van der Waals surface area contributed by atoms with Crippen molar-refractivity contribution in [2.75, 3.05) is 0 Å². The third-order valence-electron chi connectivity index (χ3n) is 0. The van der Waals surface area contributed by atoms with Crippen molar-refractivity contribution >= 4 is 6.16 Å². The molecule has 0 radical (unpaired) electrons. The Hall–Kier alpha value is 0.906. The standard InChI is InChI=1S/CH2O3.2Fe.Li.H/c2-1(3)4;;;;/h(H2,2,3,4);;;;/q;;;+1;-1. The molecule has 2 N–H and O–H groups in total. The Labute approximate surface area is 75.5 Å². The van der Waals surface area contributed by atoms with Crippen molar-refractivity contribution in [2.24, 2.45) is 0 Å². The minimum absolute atomic E-state index is 0. The molecule has 0 fully saturated rings. The molecule has 0 amide bonds. The zero-order valence-corrected chi connectivity index (χ0v) is 5.72. The number of rotatable bonds is 0. The van der Waals surface area contributed by atoms with Gasteiger partial charge in [0.05, 0.1) is 0 Å². The van der Waals surface area contributed by atoms with Crippen LogP contribution < -0.4 is 18.9 Å². The van der Waals surface area contributed by atoms with Crippen molar-refractivity contribution < 1.29 is 69.4 Å². The van der Waals surface area contributed by atoms with E-state index in [9.17, 15) is 0 Å². The van der Waals surface area contributed by atoms with Gasteiger partial charge < -0.3 is 11.6 Å². The number of hydrogen-bond acceptors (Lipinski definition) is 1. The van der Waals surface area contributed by atoms with Crippen LogP contribution in [0.4, 0.5) is 4.79 Å². The number of carbonyl (C=O) groups is 1. The van der Waals surface area contributed by atoms with Gasteiger partial charge in [-0.3, -0.25) is 0 Å². The molecule has 0 aliphatic heterocycles. The van der Waals surface area contributed by atoms with Gasteiger partial charge in [-0.15, -0.1) is 0 Å². The molecule has 0 rings (SSSR count). The Morgan fingerprint density at radius 3 is 1.29 bits per heavy atom. The molecular formula is CH3Fe2LiO3. The topological polar surface area (TPSA) is 57.5 Å². The van der Waals surface area contributed by atoms with E-state index >= 15 is 0 Å². The summed E-state index contributed by atoms with van der Waals surface area (Å²) in [4.78, 5) is 8.56. The smallest absolute Gasteiger partial charge is 1.00 e. The van der Waals surface area contributed by atoms with Crippen LogP contribution in [0.25, 0.3) is 0 Å². The van der Waals surface area contributed by atoms with E-state index in [1.165, 1.54) is 0 Å². The van der Waals surface area contributed by atoms with Gasteiger partial charge in [0.25, 0.3) is 0 Å². The summed E-state index contributed by atoms with van der Waals surface area (Å²) in [7, 11) is 0. The quantitative estimate of drug-likeness (QED) is 0.401. The molecule has 0 atom stereocenters. The average molecular weight is 182 g/mol. The zero-order valence-electron chi connectivity index (χ0n) is 4.51. The van der Waals surface area contributed by atoms with Gasteiger partial charge in [-0.05, 0) is 0 Å². The fourth-order valence-corrected chi connectivity index (χ4v) is 0.